The van der Waals surface area contributed by atoms with Crippen LogP contribution in [0.1, 0.15) is 11.5 Å². The standard InChI is InChI=1S/C11H10O4S/c1-15-11(14)9-8(10(12)13)6-4-2-3-5-7(6)16-9/h2-5,8-9H,1H3,(H,12,13). The summed E-state index contributed by atoms with van der Waals surface area (Å²) in [6.45, 7) is 0. The van der Waals surface area contributed by atoms with Crippen LogP contribution in [-0.2, 0) is 14.3 Å². The first-order valence-corrected chi connectivity index (χ1v) is 5.59. The first-order valence-electron chi connectivity index (χ1n) is 4.71. The lowest BCUT2D eigenvalue weighted by Gasteiger charge is -2.12. The van der Waals surface area contributed by atoms with Gasteiger partial charge in [0.05, 0.1) is 7.11 Å². The Morgan fingerprint density at radius 3 is 2.69 bits per heavy atom. The second-order valence-electron chi connectivity index (χ2n) is 3.42. The number of aliphatic carboxylic acids is 1. The quantitative estimate of drug-likeness (QED) is 0.791. The highest BCUT2D eigenvalue weighted by molar-refractivity contribution is 8.01. The number of carboxylic acids is 1. The number of carbonyl (C=O) groups excluding carboxylic acids is 1. The van der Waals surface area contributed by atoms with Gasteiger partial charge in [-0.15, -0.1) is 11.8 Å². The second kappa shape index (κ2) is 4.17. The van der Waals surface area contributed by atoms with Crippen LogP contribution < -0.4 is 0 Å². The van der Waals surface area contributed by atoms with Crippen molar-refractivity contribution in [3.8, 4) is 0 Å². The van der Waals surface area contributed by atoms with E-state index in [2.05, 4.69) is 4.74 Å². The van der Waals surface area contributed by atoms with Crippen molar-refractivity contribution in [3.63, 3.8) is 0 Å². The van der Waals surface area contributed by atoms with E-state index >= 15 is 0 Å². The third-order valence-electron chi connectivity index (χ3n) is 2.51. The molecule has 1 aliphatic rings. The molecule has 0 bridgehead atoms. The Balaban J connectivity index is 2.41. The predicted molar refractivity (Wildman–Crippen MR) is 58.5 cm³/mol. The maximum absolute atomic E-state index is 11.5. The summed E-state index contributed by atoms with van der Waals surface area (Å²) in [6.07, 6.45) is 0. The molecule has 0 saturated carbocycles. The van der Waals surface area contributed by atoms with Gasteiger partial charge in [-0.25, -0.2) is 0 Å². The van der Waals surface area contributed by atoms with Gasteiger partial charge in [0.15, 0.2) is 0 Å². The van der Waals surface area contributed by atoms with Crippen LogP contribution >= 0.6 is 11.8 Å². The molecule has 84 valence electrons. The molecule has 2 unspecified atom stereocenters. The molecule has 5 heteroatoms. The van der Waals surface area contributed by atoms with Crippen molar-refractivity contribution < 1.29 is 19.4 Å². The van der Waals surface area contributed by atoms with E-state index in [-0.39, 0.29) is 0 Å². The SMILES string of the molecule is COC(=O)C1Sc2ccccc2C1C(=O)O. The maximum atomic E-state index is 11.5. The summed E-state index contributed by atoms with van der Waals surface area (Å²) in [7, 11) is 1.27. The van der Waals surface area contributed by atoms with Crippen LogP contribution in [0, 0.1) is 0 Å². The maximum Gasteiger partial charge on any atom is 0.320 e. The zero-order chi connectivity index (χ0) is 11.7. The summed E-state index contributed by atoms with van der Waals surface area (Å²) in [5.41, 5.74) is 0.690. The van der Waals surface area contributed by atoms with Crippen molar-refractivity contribution in [1.82, 2.24) is 0 Å². The summed E-state index contributed by atoms with van der Waals surface area (Å²) in [4.78, 5) is 23.5. The molecule has 1 N–H and O–H groups in total. The van der Waals surface area contributed by atoms with Crippen molar-refractivity contribution >= 4 is 23.7 Å². The van der Waals surface area contributed by atoms with E-state index in [1.54, 1.807) is 12.1 Å². The fourth-order valence-electron chi connectivity index (χ4n) is 1.78. The van der Waals surface area contributed by atoms with Crippen LogP contribution in [0.2, 0.25) is 0 Å². The minimum atomic E-state index is -0.993. The first kappa shape index (κ1) is 11.0. The van der Waals surface area contributed by atoms with Crippen molar-refractivity contribution in [2.45, 2.75) is 16.1 Å². The number of esters is 1. The number of fused-ring (bicyclic) bond motifs is 1. The molecule has 1 aliphatic heterocycles. The summed E-state index contributed by atoms with van der Waals surface area (Å²) in [5, 5.41) is 8.47. The summed E-state index contributed by atoms with van der Waals surface area (Å²) >= 11 is 1.25. The molecule has 0 radical (unpaired) electrons. The zero-order valence-corrected chi connectivity index (χ0v) is 9.36. The molecule has 0 fully saturated rings. The Hall–Kier alpha value is -1.49. The molecular formula is C11H10O4S. The number of rotatable bonds is 2. The van der Waals surface area contributed by atoms with Gasteiger partial charge in [-0.3, -0.25) is 9.59 Å². The lowest BCUT2D eigenvalue weighted by Crippen LogP contribution is -2.28. The topological polar surface area (TPSA) is 63.6 Å². The predicted octanol–water partition coefficient (Wildman–Crippen LogP) is 1.50. The Labute approximate surface area is 96.6 Å². The van der Waals surface area contributed by atoms with Crippen LogP contribution in [0.5, 0.6) is 0 Å². The molecule has 0 amide bonds. The van der Waals surface area contributed by atoms with Gasteiger partial charge in [0.25, 0.3) is 0 Å². The molecule has 1 heterocycles. The van der Waals surface area contributed by atoms with E-state index < -0.39 is 23.1 Å². The molecule has 2 atom stereocenters. The number of hydrogen-bond donors (Lipinski definition) is 1. The van der Waals surface area contributed by atoms with Gasteiger partial charge in [-0.1, -0.05) is 18.2 Å². The first-order chi connectivity index (χ1) is 7.65. The molecule has 1 aromatic rings. The van der Waals surface area contributed by atoms with Gasteiger partial charge in [0, 0.05) is 4.90 Å². The Morgan fingerprint density at radius 2 is 2.06 bits per heavy atom. The molecule has 16 heavy (non-hydrogen) atoms. The van der Waals surface area contributed by atoms with Crippen molar-refractivity contribution in [2.24, 2.45) is 0 Å². The number of hydrogen-bond acceptors (Lipinski definition) is 4. The number of carbonyl (C=O) groups is 2. The molecule has 0 aliphatic carbocycles. The van der Waals surface area contributed by atoms with E-state index in [9.17, 15) is 9.59 Å². The van der Waals surface area contributed by atoms with E-state index in [1.165, 1.54) is 18.9 Å². The largest absolute Gasteiger partial charge is 0.481 e. The van der Waals surface area contributed by atoms with Crippen molar-refractivity contribution in [2.75, 3.05) is 7.11 Å². The van der Waals surface area contributed by atoms with Gasteiger partial charge in [-0.05, 0) is 11.6 Å². The van der Waals surface area contributed by atoms with Crippen LogP contribution in [-0.4, -0.2) is 29.4 Å². The number of benzene rings is 1. The number of thioether (sulfide) groups is 1. The molecule has 0 aromatic heterocycles. The van der Waals surface area contributed by atoms with Gasteiger partial charge in [-0.2, -0.15) is 0 Å². The normalized spacial score (nSPS) is 22.6. The highest BCUT2D eigenvalue weighted by atomic mass is 32.2. The van der Waals surface area contributed by atoms with Gasteiger partial charge in [0.2, 0.25) is 0 Å². The molecule has 1 aromatic carbocycles. The molecule has 2 rings (SSSR count). The second-order valence-corrected chi connectivity index (χ2v) is 4.60. The third-order valence-corrected chi connectivity index (χ3v) is 3.85. The van der Waals surface area contributed by atoms with E-state index in [1.807, 2.05) is 12.1 Å². The van der Waals surface area contributed by atoms with Crippen LogP contribution in [0.25, 0.3) is 0 Å². The molecule has 0 spiro atoms. The van der Waals surface area contributed by atoms with Gasteiger partial charge in [0.1, 0.15) is 11.2 Å². The van der Waals surface area contributed by atoms with Crippen molar-refractivity contribution in [3.05, 3.63) is 29.8 Å². The molecular weight excluding hydrogens is 228 g/mol. The average Bonchev–Trinajstić information content (AvgIpc) is 2.67. The molecule has 4 nitrogen and oxygen atoms in total. The van der Waals surface area contributed by atoms with Gasteiger partial charge >= 0.3 is 11.9 Å². The van der Waals surface area contributed by atoms with Crippen LogP contribution in [0.4, 0.5) is 0 Å². The Morgan fingerprint density at radius 1 is 1.38 bits per heavy atom. The smallest absolute Gasteiger partial charge is 0.320 e. The summed E-state index contributed by atoms with van der Waals surface area (Å²) < 4.78 is 4.62. The lowest BCUT2D eigenvalue weighted by molar-refractivity contribution is -0.146. The van der Waals surface area contributed by atoms with Crippen LogP contribution in [0.3, 0.4) is 0 Å². The monoisotopic (exact) mass is 238 g/mol. The fraction of sp³-hybridized carbons (Fsp3) is 0.273. The fourth-order valence-corrected chi connectivity index (χ4v) is 3.13. The van der Waals surface area contributed by atoms with E-state index in [0.29, 0.717) is 5.56 Å². The van der Waals surface area contributed by atoms with Crippen molar-refractivity contribution in [1.29, 1.82) is 0 Å². The van der Waals surface area contributed by atoms with E-state index in [4.69, 9.17) is 5.11 Å². The highest BCUT2D eigenvalue weighted by Crippen LogP contribution is 2.45. The third kappa shape index (κ3) is 1.67. The Kier molecular flexibility index (Phi) is 2.87. The Bertz CT molecular complexity index is 443. The number of carboxylic acid groups (broad SMARTS) is 1. The number of methoxy groups -OCH3 is 1. The number of ether oxygens (including phenoxy) is 1. The minimum Gasteiger partial charge on any atom is -0.481 e. The zero-order valence-electron chi connectivity index (χ0n) is 8.54. The average molecular weight is 238 g/mol. The highest BCUT2D eigenvalue weighted by Gasteiger charge is 2.43. The van der Waals surface area contributed by atoms with E-state index in [0.717, 1.165) is 4.90 Å². The van der Waals surface area contributed by atoms with Gasteiger partial charge < -0.3 is 9.84 Å². The lowest BCUT2D eigenvalue weighted by atomic mass is 9.96. The minimum absolute atomic E-state index is 0.492. The van der Waals surface area contributed by atoms with Crippen LogP contribution in [0.15, 0.2) is 29.2 Å². The molecule has 0 saturated heterocycles. The summed E-state index contributed by atoms with van der Waals surface area (Å²) in [6, 6.07) is 7.16. The summed E-state index contributed by atoms with van der Waals surface area (Å²) in [5.74, 6) is -2.30.